The minimum Gasteiger partial charge on any atom is -0.377 e. The van der Waals surface area contributed by atoms with Crippen LogP contribution in [-0.2, 0) is 14.8 Å². The number of rotatable bonds is 7. The molecule has 1 unspecified atom stereocenters. The van der Waals surface area contributed by atoms with Crippen LogP contribution in [-0.4, -0.2) is 59.2 Å². The molecule has 0 radical (unpaired) electrons. The fraction of sp³-hybridized carbons (Fsp3) is 0.615. The molecule has 3 aromatic heterocycles. The molecule has 0 aromatic carbocycles. The van der Waals surface area contributed by atoms with E-state index in [2.05, 4.69) is 29.9 Å². The number of fused-ring (bicyclic) bond motifs is 3. The van der Waals surface area contributed by atoms with E-state index < -0.39 is 10.0 Å². The van der Waals surface area contributed by atoms with Crippen LogP contribution in [0.1, 0.15) is 64.0 Å². The lowest BCUT2D eigenvalue weighted by Crippen LogP contribution is -2.45. The van der Waals surface area contributed by atoms with Gasteiger partial charge in [-0.3, -0.25) is 4.98 Å². The summed E-state index contributed by atoms with van der Waals surface area (Å²) in [5.41, 5.74) is 2.02. The van der Waals surface area contributed by atoms with Gasteiger partial charge in [-0.25, -0.2) is 13.4 Å². The highest BCUT2D eigenvalue weighted by atomic mass is 32.2. The monoisotopic (exact) mass is 484 g/mol. The van der Waals surface area contributed by atoms with Crippen molar-refractivity contribution < 1.29 is 13.2 Å². The van der Waals surface area contributed by atoms with Crippen LogP contribution in [0.5, 0.6) is 0 Å². The van der Waals surface area contributed by atoms with Crippen LogP contribution >= 0.6 is 0 Å². The first kappa shape index (κ1) is 23.7. The van der Waals surface area contributed by atoms with E-state index in [4.69, 9.17) is 9.72 Å². The Labute approximate surface area is 202 Å². The van der Waals surface area contributed by atoms with Crippen LogP contribution < -0.4 is 0 Å². The molecular formula is C26H36N4O3S. The summed E-state index contributed by atoms with van der Waals surface area (Å²) in [4.78, 5) is 12.5. The number of sulfonamides is 1. The SMILES string of the molecule is CC(C)COC1CCCN(S(=O)(=O)CC2CCC(c3nccc4cnc5[nH]ccc5c34)CC2)C1. The molecule has 184 valence electrons. The van der Waals surface area contributed by atoms with Crippen LogP contribution in [0.15, 0.2) is 30.7 Å². The van der Waals surface area contributed by atoms with E-state index >= 15 is 0 Å². The van der Waals surface area contributed by atoms with Gasteiger partial charge in [-0.1, -0.05) is 13.8 Å². The zero-order valence-electron chi connectivity index (χ0n) is 20.2. The van der Waals surface area contributed by atoms with Crippen molar-refractivity contribution in [1.82, 2.24) is 19.3 Å². The van der Waals surface area contributed by atoms with Crippen molar-refractivity contribution in [2.24, 2.45) is 11.8 Å². The quantitative estimate of drug-likeness (QED) is 0.518. The number of aromatic nitrogens is 3. The maximum Gasteiger partial charge on any atom is 0.214 e. The predicted molar refractivity (Wildman–Crippen MR) is 135 cm³/mol. The normalized spacial score (nSPS) is 24.9. The second-order valence-electron chi connectivity index (χ2n) is 10.5. The van der Waals surface area contributed by atoms with E-state index in [-0.39, 0.29) is 17.8 Å². The Kier molecular flexibility index (Phi) is 6.91. The lowest BCUT2D eigenvalue weighted by Gasteiger charge is -2.34. The molecular weight excluding hydrogens is 448 g/mol. The predicted octanol–water partition coefficient (Wildman–Crippen LogP) is 4.85. The molecule has 0 amide bonds. The van der Waals surface area contributed by atoms with Crippen molar-refractivity contribution in [3.05, 3.63) is 36.4 Å². The summed E-state index contributed by atoms with van der Waals surface area (Å²) in [6, 6.07) is 4.10. The van der Waals surface area contributed by atoms with Gasteiger partial charge in [-0.15, -0.1) is 0 Å². The molecule has 2 aliphatic rings. The fourth-order valence-electron chi connectivity index (χ4n) is 5.64. The minimum atomic E-state index is -3.27. The summed E-state index contributed by atoms with van der Waals surface area (Å²) < 4.78 is 34.1. The average molecular weight is 485 g/mol. The van der Waals surface area contributed by atoms with E-state index in [0.717, 1.165) is 60.6 Å². The van der Waals surface area contributed by atoms with E-state index in [0.29, 0.717) is 31.5 Å². The lowest BCUT2D eigenvalue weighted by atomic mass is 9.80. The molecule has 7 nitrogen and oxygen atoms in total. The van der Waals surface area contributed by atoms with Gasteiger partial charge >= 0.3 is 0 Å². The smallest absolute Gasteiger partial charge is 0.214 e. The molecule has 34 heavy (non-hydrogen) atoms. The van der Waals surface area contributed by atoms with Gasteiger partial charge < -0.3 is 9.72 Å². The van der Waals surface area contributed by atoms with Gasteiger partial charge in [0, 0.05) is 60.4 Å². The van der Waals surface area contributed by atoms with Crippen molar-refractivity contribution in [2.75, 3.05) is 25.4 Å². The molecule has 4 heterocycles. The van der Waals surface area contributed by atoms with Gasteiger partial charge in [0.05, 0.1) is 17.6 Å². The number of aromatic amines is 1. The summed E-state index contributed by atoms with van der Waals surface area (Å²) in [6.07, 6.45) is 11.4. The van der Waals surface area contributed by atoms with Gasteiger partial charge in [0.1, 0.15) is 5.65 Å². The molecule has 3 aromatic rings. The van der Waals surface area contributed by atoms with Gasteiger partial charge in [0.25, 0.3) is 0 Å². The summed E-state index contributed by atoms with van der Waals surface area (Å²) >= 11 is 0. The molecule has 1 N–H and O–H groups in total. The van der Waals surface area contributed by atoms with Gasteiger partial charge in [-0.05, 0) is 62.5 Å². The molecule has 1 atom stereocenters. The van der Waals surface area contributed by atoms with Gasteiger partial charge in [-0.2, -0.15) is 4.31 Å². The second kappa shape index (κ2) is 9.91. The Morgan fingerprint density at radius 1 is 1.15 bits per heavy atom. The van der Waals surface area contributed by atoms with Crippen molar-refractivity contribution >= 4 is 31.8 Å². The maximum atomic E-state index is 13.2. The Balaban J connectivity index is 1.23. The van der Waals surface area contributed by atoms with E-state index in [1.807, 2.05) is 24.7 Å². The third-order valence-electron chi connectivity index (χ3n) is 7.42. The number of piperidine rings is 1. The fourth-order valence-corrected chi connectivity index (χ4v) is 7.58. The molecule has 1 aliphatic heterocycles. The van der Waals surface area contributed by atoms with Crippen LogP contribution in [0.3, 0.4) is 0 Å². The zero-order chi connectivity index (χ0) is 23.7. The van der Waals surface area contributed by atoms with Crippen LogP contribution in [0.2, 0.25) is 0 Å². The highest BCUT2D eigenvalue weighted by Crippen LogP contribution is 2.39. The first-order valence-corrected chi connectivity index (χ1v) is 14.3. The average Bonchev–Trinajstić information content (AvgIpc) is 3.32. The van der Waals surface area contributed by atoms with Crippen molar-refractivity contribution in [3.8, 4) is 0 Å². The Morgan fingerprint density at radius 2 is 1.97 bits per heavy atom. The van der Waals surface area contributed by atoms with Gasteiger partial charge in [0.2, 0.25) is 10.0 Å². The van der Waals surface area contributed by atoms with Crippen LogP contribution in [0.4, 0.5) is 0 Å². The van der Waals surface area contributed by atoms with E-state index in [9.17, 15) is 8.42 Å². The minimum absolute atomic E-state index is 0.0267. The molecule has 1 saturated heterocycles. The zero-order valence-corrected chi connectivity index (χ0v) is 21.1. The number of H-pyrrole nitrogens is 1. The molecule has 1 saturated carbocycles. The number of nitrogens with zero attached hydrogens (tertiary/aromatic N) is 3. The van der Waals surface area contributed by atoms with Crippen molar-refractivity contribution in [2.45, 2.75) is 64.4 Å². The largest absolute Gasteiger partial charge is 0.377 e. The lowest BCUT2D eigenvalue weighted by molar-refractivity contribution is 0.00547. The second-order valence-corrected chi connectivity index (χ2v) is 12.5. The number of nitrogens with one attached hydrogen (secondary N) is 1. The first-order valence-electron chi connectivity index (χ1n) is 12.7. The topological polar surface area (TPSA) is 88.2 Å². The molecule has 0 spiro atoms. The summed E-state index contributed by atoms with van der Waals surface area (Å²) in [7, 11) is -3.27. The summed E-state index contributed by atoms with van der Waals surface area (Å²) in [5, 5.41) is 3.41. The first-order chi connectivity index (χ1) is 16.4. The Morgan fingerprint density at radius 3 is 2.76 bits per heavy atom. The third kappa shape index (κ3) is 4.99. The summed E-state index contributed by atoms with van der Waals surface area (Å²) in [5.74, 6) is 1.28. The van der Waals surface area contributed by atoms with E-state index in [1.165, 1.54) is 5.39 Å². The van der Waals surface area contributed by atoms with Crippen LogP contribution in [0.25, 0.3) is 21.8 Å². The molecule has 0 bridgehead atoms. The number of ether oxygens (including phenoxy) is 1. The molecule has 1 aliphatic carbocycles. The summed E-state index contributed by atoms with van der Waals surface area (Å²) in [6.45, 7) is 6.07. The highest BCUT2D eigenvalue weighted by molar-refractivity contribution is 7.89. The number of hydrogen-bond acceptors (Lipinski definition) is 5. The van der Waals surface area contributed by atoms with E-state index in [1.54, 1.807) is 4.31 Å². The molecule has 2 fully saturated rings. The van der Waals surface area contributed by atoms with Gasteiger partial charge in [0.15, 0.2) is 0 Å². The third-order valence-corrected chi connectivity index (χ3v) is 9.43. The van der Waals surface area contributed by atoms with Crippen molar-refractivity contribution in [1.29, 1.82) is 0 Å². The maximum absolute atomic E-state index is 13.2. The number of pyridine rings is 2. The van der Waals surface area contributed by atoms with Crippen molar-refractivity contribution in [3.63, 3.8) is 0 Å². The number of hydrogen-bond donors (Lipinski definition) is 1. The van der Waals surface area contributed by atoms with Crippen LogP contribution in [0, 0.1) is 11.8 Å². The Bertz CT molecular complexity index is 1230. The molecule has 8 heteroatoms. The molecule has 5 rings (SSSR count). The highest BCUT2D eigenvalue weighted by Gasteiger charge is 2.33. The standard InChI is InChI=1S/C26H36N4O3S/c1-18(2)16-33-22-4-3-13-30(15-22)34(31,32)17-19-5-7-20(8-6-19)25-24-21(9-11-27-25)14-29-26-23(24)10-12-28-26/h9-12,14,18-20,22H,3-8,13,15-17H2,1-2H3,(H,28,29). The Hall–Kier alpha value is -2.03.